The van der Waals surface area contributed by atoms with Crippen molar-refractivity contribution in [3.63, 3.8) is 0 Å². The molecule has 1 aliphatic rings. The number of nitrogens with zero attached hydrogens (tertiary/aromatic N) is 2. The summed E-state index contributed by atoms with van der Waals surface area (Å²) in [5.41, 5.74) is 1.49. The van der Waals surface area contributed by atoms with Gasteiger partial charge in [0.25, 0.3) is 5.91 Å². The van der Waals surface area contributed by atoms with Crippen LogP contribution in [0.5, 0.6) is 0 Å². The summed E-state index contributed by atoms with van der Waals surface area (Å²) < 4.78 is 1.36. The van der Waals surface area contributed by atoms with Crippen molar-refractivity contribution in [2.75, 3.05) is 4.90 Å². The highest BCUT2D eigenvalue weighted by molar-refractivity contribution is 9.10. The van der Waals surface area contributed by atoms with Gasteiger partial charge in [-0.15, -0.1) is 0 Å². The molecule has 0 radical (unpaired) electrons. The van der Waals surface area contributed by atoms with E-state index in [0.29, 0.717) is 9.23 Å². The second-order valence-corrected chi connectivity index (χ2v) is 6.75. The molecule has 1 amide bonds. The SMILES string of the molecule is O=C1/C(=C/c2ccccn2)SC(=S)N1c1ccccc1Br. The Hall–Kier alpha value is -1.50. The second-order valence-electron chi connectivity index (χ2n) is 4.22. The van der Waals surface area contributed by atoms with Crippen molar-refractivity contribution in [2.24, 2.45) is 0 Å². The van der Waals surface area contributed by atoms with Crippen LogP contribution in [0.3, 0.4) is 0 Å². The highest BCUT2D eigenvalue weighted by atomic mass is 79.9. The maximum Gasteiger partial charge on any atom is 0.270 e. The summed E-state index contributed by atoms with van der Waals surface area (Å²) in [7, 11) is 0. The molecule has 0 unspecified atom stereocenters. The summed E-state index contributed by atoms with van der Waals surface area (Å²) in [6.45, 7) is 0. The summed E-state index contributed by atoms with van der Waals surface area (Å²) in [6, 6.07) is 13.1. The van der Waals surface area contributed by atoms with Crippen LogP contribution in [-0.2, 0) is 4.79 Å². The lowest BCUT2D eigenvalue weighted by Crippen LogP contribution is -2.27. The molecule has 1 aromatic heterocycles. The fraction of sp³-hybridized carbons (Fsp3) is 0. The van der Waals surface area contributed by atoms with Gasteiger partial charge in [-0.05, 0) is 46.3 Å². The Morgan fingerprint density at radius 3 is 2.67 bits per heavy atom. The van der Waals surface area contributed by atoms with Gasteiger partial charge in [-0.3, -0.25) is 14.7 Å². The molecule has 104 valence electrons. The molecule has 0 bridgehead atoms. The molecule has 2 heterocycles. The molecule has 0 atom stereocenters. The first-order valence-corrected chi connectivity index (χ1v) is 8.12. The third-order valence-corrected chi connectivity index (χ3v) is 4.83. The van der Waals surface area contributed by atoms with Crippen LogP contribution in [0.25, 0.3) is 6.08 Å². The minimum atomic E-state index is -0.123. The van der Waals surface area contributed by atoms with E-state index in [4.69, 9.17) is 12.2 Å². The Labute approximate surface area is 140 Å². The first-order chi connectivity index (χ1) is 10.2. The van der Waals surface area contributed by atoms with Gasteiger partial charge in [0.15, 0.2) is 4.32 Å². The number of rotatable bonds is 2. The molecule has 0 aliphatic carbocycles. The van der Waals surface area contributed by atoms with Crippen LogP contribution < -0.4 is 4.90 Å². The van der Waals surface area contributed by atoms with E-state index < -0.39 is 0 Å². The number of carbonyl (C=O) groups is 1. The molecule has 21 heavy (non-hydrogen) atoms. The lowest BCUT2D eigenvalue weighted by Gasteiger charge is -2.15. The smallest absolute Gasteiger partial charge is 0.268 e. The number of thioether (sulfide) groups is 1. The van der Waals surface area contributed by atoms with E-state index >= 15 is 0 Å². The Kier molecular flexibility index (Phi) is 4.19. The highest BCUT2D eigenvalue weighted by Crippen LogP contribution is 2.38. The van der Waals surface area contributed by atoms with Crippen LogP contribution in [0, 0.1) is 0 Å². The van der Waals surface area contributed by atoms with Crippen molar-refractivity contribution >= 4 is 61.9 Å². The fourth-order valence-electron chi connectivity index (χ4n) is 1.90. The van der Waals surface area contributed by atoms with Crippen LogP contribution in [0.15, 0.2) is 58.0 Å². The molecule has 3 nitrogen and oxygen atoms in total. The summed E-state index contributed by atoms with van der Waals surface area (Å²) in [4.78, 5) is 18.9. The molecular weight excluding hydrogens is 368 g/mol. The van der Waals surface area contributed by atoms with Crippen LogP contribution in [0.1, 0.15) is 5.69 Å². The first-order valence-electron chi connectivity index (χ1n) is 6.10. The predicted molar refractivity (Wildman–Crippen MR) is 94.0 cm³/mol. The van der Waals surface area contributed by atoms with Crippen LogP contribution >= 0.6 is 39.9 Å². The summed E-state index contributed by atoms with van der Waals surface area (Å²) in [6.07, 6.45) is 3.45. The minimum Gasteiger partial charge on any atom is -0.268 e. The van der Waals surface area contributed by atoms with E-state index in [1.807, 2.05) is 42.5 Å². The van der Waals surface area contributed by atoms with Gasteiger partial charge in [-0.2, -0.15) is 0 Å². The lowest BCUT2D eigenvalue weighted by atomic mass is 10.2. The monoisotopic (exact) mass is 376 g/mol. The number of para-hydroxylation sites is 1. The minimum absolute atomic E-state index is 0.123. The summed E-state index contributed by atoms with van der Waals surface area (Å²) in [5.74, 6) is -0.123. The Morgan fingerprint density at radius 1 is 1.19 bits per heavy atom. The largest absolute Gasteiger partial charge is 0.270 e. The quantitative estimate of drug-likeness (QED) is 0.579. The number of carbonyl (C=O) groups excluding carboxylic acids is 1. The second kappa shape index (κ2) is 6.09. The zero-order valence-corrected chi connectivity index (χ0v) is 13.9. The van der Waals surface area contributed by atoms with Gasteiger partial charge in [0.2, 0.25) is 0 Å². The molecule has 6 heteroatoms. The van der Waals surface area contributed by atoms with Crippen LogP contribution in [0.4, 0.5) is 5.69 Å². The molecule has 2 aromatic rings. The number of benzene rings is 1. The number of pyridine rings is 1. The predicted octanol–water partition coefficient (Wildman–Crippen LogP) is 4.25. The normalized spacial score (nSPS) is 16.8. The summed E-state index contributed by atoms with van der Waals surface area (Å²) >= 11 is 10.1. The number of thiocarbonyl (C=S) groups is 1. The Bertz CT molecular complexity index is 746. The van der Waals surface area contributed by atoms with Crippen molar-refractivity contribution < 1.29 is 4.79 Å². The van der Waals surface area contributed by atoms with Gasteiger partial charge >= 0.3 is 0 Å². The van der Waals surface area contributed by atoms with Crippen molar-refractivity contribution in [2.45, 2.75) is 0 Å². The van der Waals surface area contributed by atoms with Crippen molar-refractivity contribution in [1.82, 2.24) is 4.98 Å². The third kappa shape index (κ3) is 2.92. The van der Waals surface area contributed by atoms with E-state index in [0.717, 1.165) is 15.9 Å². The number of hydrogen-bond donors (Lipinski definition) is 0. The number of aromatic nitrogens is 1. The number of anilines is 1. The number of amides is 1. The molecule has 1 aromatic carbocycles. The third-order valence-electron chi connectivity index (χ3n) is 2.85. The van der Waals surface area contributed by atoms with E-state index in [1.165, 1.54) is 11.8 Å². The summed E-state index contributed by atoms with van der Waals surface area (Å²) in [5, 5.41) is 0. The highest BCUT2D eigenvalue weighted by Gasteiger charge is 2.34. The molecule has 0 N–H and O–H groups in total. The number of halogens is 1. The van der Waals surface area contributed by atoms with E-state index in [1.54, 1.807) is 17.2 Å². The maximum absolute atomic E-state index is 12.6. The zero-order chi connectivity index (χ0) is 14.8. The molecule has 1 fully saturated rings. The van der Waals surface area contributed by atoms with Gasteiger partial charge in [0, 0.05) is 10.7 Å². The Balaban J connectivity index is 1.97. The van der Waals surface area contributed by atoms with Gasteiger partial charge in [-0.1, -0.05) is 42.2 Å². The topological polar surface area (TPSA) is 33.2 Å². The van der Waals surface area contributed by atoms with Crippen LogP contribution in [-0.4, -0.2) is 15.2 Å². The van der Waals surface area contributed by atoms with Gasteiger partial charge in [0.1, 0.15) is 0 Å². The maximum atomic E-state index is 12.6. The Morgan fingerprint density at radius 2 is 1.95 bits per heavy atom. The van der Waals surface area contributed by atoms with Gasteiger partial charge in [-0.25, -0.2) is 0 Å². The lowest BCUT2D eigenvalue weighted by molar-refractivity contribution is -0.113. The zero-order valence-electron chi connectivity index (χ0n) is 10.7. The van der Waals surface area contributed by atoms with Gasteiger partial charge < -0.3 is 0 Å². The van der Waals surface area contributed by atoms with Crippen molar-refractivity contribution in [1.29, 1.82) is 0 Å². The standard InChI is InChI=1S/C15H9BrN2OS2/c16-11-6-1-2-7-12(11)18-14(19)13(21-15(18)20)9-10-5-3-4-8-17-10/h1-9H/b13-9-. The fourth-order valence-corrected chi connectivity index (χ4v) is 3.64. The first kappa shape index (κ1) is 14.4. The van der Waals surface area contributed by atoms with Gasteiger partial charge in [0.05, 0.1) is 16.3 Å². The average molecular weight is 377 g/mol. The van der Waals surface area contributed by atoms with E-state index in [-0.39, 0.29) is 5.91 Å². The molecular formula is C15H9BrN2OS2. The average Bonchev–Trinajstić information content (AvgIpc) is 2.76. The van der Waals surface area contributed by atoms with Crippen molar-refractivity contribution in [3.8, 4) is 0 Å². The molecule has 3 rings (SSSR count). The molecule has 0 spiro atoms. The van der Waals surface area contributed by atoms with E-state index in [2.05, 4.69) is 20.9 Å². The molecule has 1 aliphatic heterocycles. The number of hydrogen-bond acceptors (Lipinski definition) is 4. The molecule has 1 saturated heterocycles. The van der Waals surface area contributed by atoms with Crippen molar-refractivity contribution in [3.05, 3.63) is 63.7 Å². The van der Waals surface area contributed by atoms with Crippen LogP contribution in [0.2, 0.25) is 0 Å². The van der Waals surface area contributed by atoms with E-state index in [9.17, 15) is 4.79 Å². The molecule has 0 saturated carbocycles.